The van der Waals surface area contributed by atoms with Gasteiger partial charge in [0.25, 0.3) is 0 Å². The van der Waals surface area contributed by atoms with Crippen molar-refractivity contribution in [3.8, 4) is 0 Å². The first-order chi connectivity index (χ1) is 8.21. The number of hydrogen-bond acceptors (Lipinski definition) is 2. The summed E-state index contributed by atoms with van der Waals surface area (Å²) in [6.07, 6.45) is -0.0335. The van der Waals surface area contributed by atoms with Crippen molar-refractivity contribution in [1.82, 2.24) is 0 Å². The van der Waals surface area contributed by atoms with Crippen molar-refractivity contribution in [1.29, 1.82) is 0 Å². The molecule has 3 nitrogen and oxygen atoms in total. The first kappa shape index (κ1) is 14.4. The highest BCUT2D eigenvalue weighted by Gasteiger charge is 2.24. The van der Waals surface area contributed by atoms with Crippen LogP contribution in [0.3, 0.4) is 0 Å². The van der Waals surface area contributed by atoms with E-state index < -0.39 is 23.0 Å². The van der Waals surface area contributed by atoms with Crippen LogP contribution in [0.1, 0.15) is 20.3 Å². The molecule has 1 aromatic carbocycles. The number of benzene rings is 1. The van der Waals surface area contributed by atoms with Gasteiger partial charge in [0, 0.05) is 19.7 Å². The van der Waals surface area contributed by atoms with Crippen LogP contribution in [-0.4, -0.2) is 24.7 Å². The molecule has 100 valence electrons. The molecule has 0 aliphatic heterocycles. The van der Waals surface area contributed by atoms with Crippen LogP contribution in [0.25, 0.3) is 0 Å². The third-order valence-electron chi connectivity index (χ3n) is 2.61. The topological polar surface area (TPSA) is 40.5 Å². The van der Waals surface area contributed by atoms with Gasteiger partial charge in [-0.05, 0) is 17.5 Å². The minimum Gasteiger partial charge on any atom is -0.481 e. The number of nitrogens with zero attached hydrogens (tertiary/aromatic N) is 1. The number of hydrogen-bond donors (Lipinski definition) is 1. The molecule has 0 fully saturated rings. The van der Waals surface area contributed by atoms with Gasteiger partial charge in [0.05, 0.1) is 12.1 Å². The highest BCUT2D eigenvalue weighted by molar-refractivity contribution is 5.67. The predicted octanol–water partition coefficient (Wildman–Crippen LogP) is 2.90. The molecular formula is C13H17F2NO2. The molecule has 18 heavy (non-hydrogen) atoms. The standard InChI is InChI=1S/C13H17F2NO2/c1-13(2,7-12(17)18)8-16(3)11-6-9(14)4-5-10(11)15/h4-6H,7-8H2,1-3H3,(H,17,18). The van der Waals surface area contributed by atoms with Crippen LogP contribution in [0.4, 0.5) is 14.5 Å². The Morgan fingerprint density at radius 2 is 2.00 bits per heavy atom. The van der Waals surface area contributed by atoms with E-state index in [1.54, 1.807) is 20.9 Å². The summed E-state index contributed by atoms with van der Waals surface area (Å²) in [5.41, 5.74) is -0.396. The van der Waals surface area contributed by atoms with E-state index in [1.807, 2.05) is 0 Å². The summed E-state index contributed by atoms with van der Waals surface area (Å²) in [5.74, 6) is -1.95. The summed E-state index contributed by atoms with van der Waals surface area (Å²) in [5, 5.41) is 8.78. The molecule has 0 saturated carbocycles. The maximum atomic E-state index is 13.5. The van der Waals surface area contributed by atoms with Gasteiger partial charge in [0.1, 0.15) is 11.6 Å². The SMILES string of the molecule is CN(CC(C)(C)CC(=O)O)c1cc(F)ccc1F. The number of halogens is 2. The van der Waals surface area contributed by atoms with Gasteiger partial charge in [-0.3, -0.25) is 4.79 Å². The largest absolute Gasteiger partial charge is 0.481 e. The number of anilines is 1. The van der Waals surface area contributed by atoms with E-state index in [-0.39, 0.29) is 12.1 Å². The first-order valence-corrected chi connectivity index (χ1v) is 5.59. The third kappa shape index (κ3) is 3.98. The lowest BCUT2D eigenvalue weighted by atomic mass is 9.88. The van der Waals surface area contributed by atoms with Gasteiger partial charge in [-0.15, -0.1) is 0 Å². The molecule has 1 N–H and O–H groups in total. The highest BCUT2D eigenvalue weighted by Crippen LogP contribution is 2.26. The van der Waals surface area contributed by atoms with Crippen LogP contribution in [0.5, 0.6) is 0 Å². The fourth-order valence-electron chi connectivity index (χ4n) is 1.97. The van der Waals surface area contributed by atoms with Gasteiger partial charge in [-0.2, -0.15) is 0 Å². The third-order valence-corrected chi connectivity index (χ3v) is 2.61. The minimum absolute atomic E-state index is 0.0335. The van der Waals surface area contributed by atoms with Crippen molar-refractivity contribution in [2.45, 2.75) is 20.3 Å². The van der Waals surface area contributed by atoms with Crippen LogP contribution >= 0.6 is 0 Å². The summed E-state index contributed by atoms with van der Waals surface area (Å²) >= 11 is 0. The maximum Gasteiger partial charge on any atom is 0.303 e. The molecule has 1 aromatic rings. The zero-order chi connectivity index (χ0) is 13.9. The molecule has 0 bridgehead atoms. The van der Waals surface area contributed by atoms with E-state index in [0.717, 1.165) is 18.2 Å². The average molecular weight is 257 g/mol. The van der Waals surface area contributed by atoms with Crippen LogP contribution in [0.15, 0.2) is 18.2 Å². The van der Waals surface area contributed by atoms with Gasteiger partial charge < -0.3 is 10.0 Å². The Balaban J connectivity index is 2.84. The molecule has 0 aliphatic carbocycles. The lowest BCUT2D eigenvalue weighted by Gasteiger charge is -2.30. The molecule has 0 spiro atoms. The van der Waals surface area contributed by atoms with Gasteiger partial charge in [0.2, 0.25) is 0 Å². The molecule has 0 unspecified atom stereocenters. The van der Waals surface area contributed by atoms with Crippen LogP contribution in [-0.2, 0) is 4.79 Å². The van der Waals surface area contributed by atoms with Crippen molar-refractivity contribution < 1.29 is 18.7 Å². The van der Waals surface area contributed by atoms with E-state index in [2.05, 4.69) is 0 Å². The zero-order valence-electron chi connectivity index (χ0n) is 10.7. The molecule has 0 saturated heterocycles. The van der Waals surface area contributed by atoms with E-state index in [9.17, 15) is 13.6 Å². The van der Waals surface area contributed by atoms with Crippen LogP contribution in [0.2, 0.25) is 0 Å². The van der Waals surface area contributed by atoms with Crippen molar-refractivity contribution in [3.63, 3.8) is 0 Å². The smallest absolute Gasteiger partial charge is 0.303 e. The second-order valence-corrected chi connectivity index (χ2v) is 5.19. The maximum absolute atomic E-state index is 13.5. The second kappa shape index (κ2) is 5.33. The van der Waals surface area contributed by atoms with E-state index in [0.29, 0.717) is 6.54 Å². The lowest BCUT2D eigenvalue weighted by Crippen LogP contribution is -2.33. The molecular weight excluding hydrogens is 240 g/mol. The fraction of sp³-hybridized carbons (Fsp3) is 0.462. The number of carbonyl (C=O) groups is 1. The van der Waals surface area contributed by atoms with Crippen LogP contribution in [0, 0.1) is 17.0 Å². The molecule has 0 aromatic heterocycles. The first-order valence-electron chi connectivity index (χ1n) is 5.59. The predicted molar refractivity (Wildman–Crippen MR) is 65.7 cm³/mol. The van der Waals surface area contributed by atoms with Gasteiger partial charge in [0.15, 0.2) is 0 Å². The summed E-state index contributed by atoms with van der Waals surface area (Å²) in [6, 6.07) is 3.21. The Hall–Kier alpha value is -1.65. The van der Waals surface area contributed by atoms with Crippen molar-refractivity contribution in [3.05, 3.63) is 29.8 Å². The average Bonchev–Trinajstić information content (AvgIpc) is 2.18. The Morgan fingerprint density at radius 1 is 1.39 bits per heavy atom. The number of carboxylic acid groups (broad SMARTS) is 1. The quantitative estimate of drug-likeness (QED) is 0.881. The van der Waals surface area contributed by atoms with Gasteiger partial charge in [-0.1, -0.05) is 13.8 Å². The Kier molecular flexibility index (Phi) is 4.27. The molecule has 0 aliphatic rings. The van der Waals surface area contributed by atoms with Crippen molar-refractivity contribution in [2.24, 2.45) is 5.41 Å². The summed E-state index contributed by atoms with van der Waals surface area (Å²) < 4.78 is 26.6. The Labute approximate surface area is 105 Å². The van der Waals surface area contributed by atoms with E-state index >= 15 is 0 Å². The van der Waals surface area contributed by atoms with Crippen molar-refractivity contribution >= 4 is 11.7 Å². The molecule has 0 heterocycles. The monoisotopic (exact) mass is 257 g/mol. The molecule has 1 rings (SSSR count). The van der Waals surface area contributed by atoms with Gasteiger partial charge >= 0.3 is 5.97 Å². The number of carboxylic acids is 1. The normalized spacial score (nSPS) is 11.4. The second-order valence-electron chi connectivity index (χ2n) is 5.19. The molecule has 5 heteroatoms. The van der Waals surface area contributed by atoms with Crippen molar-refractivity contribution in [2.75, 3.05) is 18.5 Å². The Morgan fingerprint density at radius 3 is 2.56 bits per heavy atom. The molecule has 0 amide bonds. The van der Waals surface area contributed by atoms with Gasteiger partial charge in [-0.25, -0.2) is 8.78 Å². The summed E-state index contributed by atoms with van der Waals surface area (Å²) in [4.78, 5) is 12.2. The number of rotatable bonds is 5. The highest BCUT2D eigenvalue weighted by atomic mass is 19.1. The molecule has 0 atom stereocenters. The molecule has 0 radical (unpaired) electrons. The lowest BCUT2D eigenvalue weighted by molar-refractivity contribution is -0.139. The summed E-state index contributed by atoms with van der Waals surface area (Å²) in [6.45, 7) is 3.86. The number of aliphatic carboxylic acids is 1. The van der Waals surface area contributed by atoms with E-state index in [4.69, 9.17) is 5.11 Å². The minimum atomic E-state index is -0.909. The summed E-state index contributed by atoms with van der Waals surface area (Å²) in [7, 11) is 1.61. The zero-order valence-corrected chi connectivity index (χ0v) is 10.7. The fourth-order valence-corrected chi connectivity index (χ4v) is 1.97. The van der Waals surface area contributed by atoms with Crippen LogP contribution < -0.4 is 4.90 Å². The van der Waals surface area contributed by atoms with E-state index in [1.165, 1.54) is 4.90 Å². The Bertz CT molecular complexity index is 447.